The summed E-state index contributed by atoms with van der Waals surface area (Å²) in [6.07, 6.45) is 13.1. The van der Waals surface area contributed by atoms with Crippen molar-refractivity contribution >= 4 is 68.8 Å². The third kappa shape index (κ3) is 9.04. The van der Waals surface area contributed by atoms with Crippen LogP contribution in [0.2, 0.25) is 5.02 Å². The van der Waals surface area contributed by atoms with E-state index in [2.05, 4.69) is 41.9 Å². The SMILES string of the molecule is N=Cc1c(NC2CCOCC2)cc([S+]([O-])NC(=O)c2ccc(N3CCN(CC4=C(c5ccc(Cl)cc5)CC5(CCC5)CC4)CC3)cc2Oc2cnc3[nH]ccc3c2)cc1[N+](=O)[O-]. The number of benzene rings is 3. The van der Waals surface area contributed by atoms with Gasteiger partial charge in [0.05, 0.1) is 34.0 Å². The first kappa shape index (κ1) is 41.9. The highest BCUT2D eigenvalue weighted by Gasteiger charge is 2.41. The first-order chi connectivity index (χ1) is 30.1. The summed E-state index contributed by atoms with van der Waals surface area (Å²) < 4.78 is 28.3. The standard InChI is InChI=1S/C46H49ClN8O6S/c47-33-4-2-30(3-5-33)39-26-46(12-1-13-46)14-8-32(39)29-53-16-18-54(19-17-53)35-6-7-38(43(23-35)61-36-22-31-9-15-49-44(31)50-28-36)45(56)52-62(59)37-24-41(51-34-10-20-60-21-11-34)40(27-48)42(25-37)55(57)58/h2-7,9,15,22-25,27-28,34,48,51H,1,8,10-14,16-21,26,29H2,(H,49,50)(H,52,56). The number of hydrogen-bond acceptors (Lipinski definition) is 11. The fourth-order valence-electron chi connectivity index (χ4n) is 9.31. The molecule has 322 valence electrons. The molecule has 5 aromatic rings. The second kappa shape index (κ2) is 18.1. The Labute approximate surface area is 368 Å². The quantitative estimate of drug-likeness (QED) is 0.0386. The Morgan fingerprint density at radius 1 is 1.06 bits per heavy atom. The highest BCUT2D eigenvalue weighted by molar-refractivity contribution is 7.90. The third-order valence-corrected chi connectivity index (χ3v) is 14.2. The van der Waals surface area contributed by atoms with Crippen LogP contribution in [0.25, 0.3) is 16.6 Å². The summed E-state index contributed by atoms with van der Waals surface area (Å²) in [5.74, 6) is -0.0334. The molecule has 4 N–H and O–H groups in total. The van der Waals surface area contributed by atoms with Crippen LogP contribution in [0.4, 0.5) is 17.1 Å². The van der Waals surface area contributed by atoms with Crippen LogP contribution in [-0.2, 0) is 16.1 Å². The van der Waals surface area contributed by atoms with Gasteiger partial charge in [0.1, 0.15) is 28.5 Å². The number of fused-ring (bicyclic) bond motifs is 1. The number of nitro groups is 1. The second-order valence-electron chi connectivity index (χ2n) is 16.8. The molecule has 4 aliphatic rings. The molecule has 1 spiro atoms. The molecule has 1 atom stereocenters. The van der Waals surface area contributed by atoms with Crippen LogP contribution in [0.15, 0.2) is 89.6 Å². The maximum Gasteiger partial charge on any atom is 0.296 e. The first-order valence-corrected chi connectivity index (χ1v) is 22.8. The van der Waals surface area contributed by atoms with Crippen molar-refractivity contribution in [3.05, 3.63) is 117 Å². The van der Waals surface area contributed by atoms with Crippen molar-refractivity contribution in [3.8, 4) is 11.5 Å². The van der Waals surface area contributed by atoms with E-state index in [0.29, 0.717) is 48.6 Å². The molecule has 9 rings (SSSR count). The van der Waals surface area contributed by atoms with Gasteiger partial charge in [-0.25, -0.2) is 4.98 Å². The Morgan fingerprint density at radius 2 is 1.85 bits per heavy atom. The Balaban J connectivity index is 0.943. The lowest BCUT2D eigenvalue weighted by Crippen LogP contribution is -2.47. The van der Waals surface area contributed by atoms with Crippen molar-refractivity contribution in [2.75, 3.05) is 56.2 Å². The Hall–Kier alpha value is -5.45. The summed E-state index contributed by atoms with van der Waals surface area (Å²) >= 11 is 4.07. The number of carbonyl (C=O) groups excluding carboxylic acids is 1. The number of nitro benzene ring substituents is 1. The summed E-state index contributed by atoms with van der Waals surface area (Å²) in [5.41, 5.74) is 6.42. The van der Waals surface area contributed by atoms with Crippen molar-refractivity contribution in [2.45, 2.75) is 62.3 Å². The van der Waals surface area contributed by atoms with Crippen LogP contribution >= 0.6 is 11.6 Å². The molecule has 0 radical (unpaired) electrons. The summed E-state index contributed by atoms with van der Waals surface area (Å²) in [4.78, 5) is 37.9. The molecule has 3 aromatic carbocycles. The van der Waals surface area contributed by atoms with Crippen LogP contribution in [0, 0.1) is 20.9 Å². The number of halogens is 1. The zero-order valence-electron chi connectivity index (χ0n) is 34.3. The molecule has 1 amide bonds. The molecule has 3 fully saturated rings. The number of rotatable bonds is 13. The molecular formula is C46H49ClN8O6S. The molecule has 16 heteroatoms. The highest BCUT2D eigenvalue weighted by atomic mass is 35.5. The fraction of sp³-hybridized carbons (Fsp3) is 0.370. The molecule has 14 nitrogen and oxygen atoms in total. The van der Waals surface area contributed by atoms with E-state index in [1.165, 1.54) is 48.5 Å². The molecule has 62 heavy (non-hydrogen) atoms. The molecule has 2 saturated heterocycles. The first-order valence-electron chi connectivity index (χ1n) is 21.2. The summed E-state index contributed by atoms with van der Waals surface area (Å²) in [6, 6.07) is 20.0. The Kier molecular flexibility index (Phi) is 12.2. The number of anilines is 2. The average molecular weight is 877 g/mol. The van der Waals surface area contributed by atoms with Crippen molar-refractivity contribution in [1.29, 1.82) is 5.41 Å². The van der Waals surface area contributed by atoms with Crippen LogP contribution in [0.3, 0.4) is 0 Å². The van der Waals surface area contributed by atoms with Crippen molar-refractivity contribution in [1.82, 2.24) is 19.6 Å². The number of ether oxygens (including phenoxy) is 2. The van der Waals surface area contributed by atoms with Crippen molar-refractivity contribution in [3.63, 3.8) is 0 Å². The summed E-state index contributed by atoms with van der Waals surface area (Å²) in [7, 11) is 0. The maximum atomic E-state index is 14.0. The van der Waals surface area contributed by atoms with Gasteiger partial charge in [-0.1, -0.05) is 35.7 Å². The van der Waals surface area contributed by atoms with Crippen LogP contribution in [0.5, 0.6) is 11.5 Å². The number of carbonyl (C=O) groups is 1. The van der Waals surface area contributed by atoms with Gasteiger partial charge in [0.25, 0.3) is 11.6 Å². The minimum Gasteiger partial charge on any atom is -0.588 e. The van der Waals surface area contributed by atoms with E-state index in [0.717, 1.165) is 73.9 Å². The molecule has 0 bridgehead atoms. The molecule has 1 unspecified atom stereocenters. The van der Waals surface area contributed by atoms with E-state index in [-0.39, 0.29) is 27.8 Å². The third-order valence-electron chi connectivity index (χ3n) is 13.0. The van der Waals surface area contributed by atoms with Crippen LogP contribution < -0.4 is 19.7 Å². The predicted molar refractivity (Wildman–Crippen MR) is 242 cm³/mol. The average Bonchev–Trinajstić information content (AvgIpc) is 3.75. The summed E-state index contributed by atoms with van der Waals surface area (Å²) in [5, 5.41) is 24.9. The lowest BCUT2D eigenvalue weighted by atomic mass is 9.59. The molecule has 2 aliphatic carbocycles. The van der Waals surface area contributed by atoms with Crippen LogP contribution in [0.1, 0.15) is 72.9 Å². The molecule has 2 aliphatic heterocycles. The minimum absolute atomic E-state index is 0.0103. The normalized spacial score (nSPS) is 18.6. The monoisotopic (exact) mass is 876 g/mol. The highest BCUT2D eigenvalue weighted by Crippen LogP contribution is 2.55. The van der Waals surface area contributed by atoms with E-state index < -0.39 is 27.9 Å². The van der Waals surface area contributed by atoms with E-state index >= 15 is 0 Å². The van der Waals surface area contributed by atoms with E-state index in [1.807, 2.05) is 36.4 Å². The van der Waals surface area contributed by atoms with Gasteiger partial charge in [-0.3, -0.25) is 19.8 Å². The van der Waals surface area contributed by atoms with Crippen molar-refractivity contribution < 1.29 is 23.7 Å². The number of allylic oxidation sites excluding steroid dienone is 1. The fourth-order valence-corrected chi connectivity index (χ4v) is 10.3. The van der Waals surface area contributed by atoms with Gasteiger partial charge >= 0.3 is 0 Å². The molecule has 2 aromatic heterocycles. The van der Waals surface area contributed by atoms with Gasteiger partial charge in [0.15, 0.2) is 4.90 Å². The number of pyridine rings is 1. The van der Waals surface area contributed by atoms with Gasteiger partial charge in [-0.05, 0) is 97.9 Å². The number of aromatic nitrogens is 2. The van der Waals surface area contributed by atoms with E-state index in [1.54, 1.807) is 18.5 Å². The predicted octanol–water partition coefficient (Wildman–Crippen LogP) is 8.89. The zero-order valence-corrected chi connectivity index (χ0v) is 35.9. The number of nitrogens with zero attached hydrogens (tertiary/aromatic N) is 4. The smallest absolute Gasteiger partial charge is 0.296 e. The Morgan fingerprint density at radius 3 is 2.58 bits per heavy atom. The molecule has 4 heterocycles. The number of H-pyrrole nitrogens is 1. The number of aromatic amines is 1. The number of nitrogens with one attached hydrogen (secondary N) is 4. The lowest BCUT2D eigenvalue weighted by Gasteiger charge is -2.47. The minimum atomic E-state index is -2.21. The van der Waals surface area contributed by atoms with Gasteiger partial charge in [0.2, 0.25) is 0 Å². The molecule has 1 saturated carbocycles. The second-order valence-corrected chi connectivity index (χ2v) is 18.4. The zero-order chi connectivity index (χ0) is 42.8. The van der Waals surface area contributed by atoms with Gasteiger partial charge in [0, 0.05) is 92.6 Å². The van der Waals surface area contributed by atoms with Crippen molar-refractivity contribution in [2.24, 2.45) is 5.41 Å². The van der Waals surface area contributed by atoms with Gasteiger partial charge in [-0.2, -0.15) is 4.72 Å². The maximum absolute atomic E-state index is 14.0. The summed E-state index contributed by atoms with van der Waals surface area (Å²) in [6.45, 7) is 5.26. The van der Waals surface area contributed by atoms with E-state index in [4.69, 9.17) is 26.5 Å². The lowest BCUT2D eigenvalue weighted by molar-refractivity contribution is -0.385. The van der Waals surface area contributed by atoms with Gasteiger partial charge in [-0.15, -0.1) is 0 Å². The number of amides is 1. The van der Waals surface area contributed by atoms with Crippen LogP contribution in [-0.4, -0.2) is 88.4 Å². The Bertz CT molecular complexity index is 2510. The topological polar surface area (TPSA) is 185 Å². The number of piperazine rings is 1. The number of hydrogen-bond donors (Lipinski definition) is 4. The molecular weight excluding hydrogens is 828 g/mol. The van der Waals surface area contributed by atoms with E-state index in [9.17, 15) is 19.5 Å². The van der Waals surface area contributed by atoms with Gasteiger partial charge < -0.3 is 34.6 Å². The largest absolute Gasteiger partial charge is 0.588 e.